The summed E-state index contributed by atoms with van der Waals surface area (Å²) < 4.78 is 5.31. The lowest BCUT2D eigenvalue weighted by molar-refractivity contribution is -0.143. The van der Waals surface area contributed by atoms with Gasteiger partial charge in [0, 0.05) is 25.3 Å². The third kappa shape index (κ3) is 2.73. The molecule has 5 nitrogen and oxygen atoms in total. The second kappa shape index (κ2) is 6.50. The van der Waals surface area contributed by atoms with Crippen molar-refractivity contribution in [1.82, 2.24) is 4.90 Å². The first kappa shape index (κ1) is 16.5. The molecule has 0 spiro atoms. The van der Waals surface area contributed by atoms with E-state index in [1.807, 2.05) is 6.07 Å². The van der Waals surface area contributed by atoms with Gasteiger partial charge in [0.2, 0.25) is 11.8 Å². The van der Waals surface area contributed by atoms with Crippen LogP contribution in [0.1, 0.15) is 17.5 Å². The molecular weight excluding hydrogens is 340 g/mol. The maximum Gasteiger partial charge on any atom is 0.239 e. The smallest absolute Gasteiger partial charge is 0.239 e. The van der Waals surface area contributed by atoms with Crippen LogP contribution in [-0.4, -0.2) is 49.6 Å². The number of amides is 2. The fourth-order valence-electron chi connectivity index (χ4n) is 4.47. The maximum absolute atomic E-state index is 13.0. The first-order chi connectivity index (χ1) is 13.2. The minimum Gasteiger partial charge on any atom is -0.378 e. The summed E-state index contributed by atoms with van der Waals surface area (Å²) in [6.45, 7) is 2.88. The highest BCUT2D eigenvalue weighted by Gasteiger charge is 2.40. The first-order valence-corrected chi connectivity index (χ1v) is 9.61. The summed E-state index contributed by atoms with van der Waals surface area (Å²) in [7, 11) is 0. The van der Waals surface area contributed by atoms with Gasteiger partial charge in [-0.15, -0.1) is 0 Å². The fraction of sp³-hybridized carbons (Fsp3) is 0.364. The lowest BCUT2D eigenvalue weighted by atomic mass is 10.0. The van der Waals surface area contributed by atoms with Gasteiger partial charge in [0.1, 0.15) is 5.92 Å². The number of nitrogens with zero attached hydrogens (tertiary/aromatic N) is 2. The molecule has 2 amide bonds. The molecule has 3 aliphatic rings. The number of carbonyl (C=O) groups excluding carboxylic acids is 2. The number of benzene rings is 2. The first-order valence-electron chi connectivity index (χ1n) is 9.61. The summed E-state index contributed by atoms with van der Waals surface area (Å²) in [5.74, 6) is -0.658. The average molecular weight is 362 g/mol. The van der Waals surface area contributed by atoms with Crippen LogP contribution < -0.4 is 4.90 Å². The van der Waals surface area contributed by atoms with Crippen LogP contribution in [0, 0.1) is 5.92 Å². The van der Waals surface area contributed by atoms with Crippen LogP contribution in [0.25, 0.3) is 11.1 Å². The van der Waals surface area contributed by atoms with Crippen molar-refractivity contribution in [3.8, 4) is 11.1 Å². The van der Waals surface area contributed by atoms with Gasteiger partial charge in [0.05, 0.1) is 13.2 Å². The minimum absolute atomic E-state index is 0.0423. The van der Waals surface area contributed by atoms with Crippen molar-refractivity contribution in [1.29, 1.82) is 0 Å². The fourth-order valence-corrected chi connectivity index (χ4v) is 4.47. The Balaban J connectivity index is 1.36. The molecule has 0 unspecified atom stereocenters. The van der Waals surface area contributed by atoms with Crippen LogP contribution in [0.5, 0.6) is 0 Å². The topological polar surface area (TPSA) is 49.9 Å². The number of carbonyl (C=O) groups is 2. The molecule has 1 atom stereocenters. The number of ether oxygens (including phenoxy) is 1. The third-order valence-corrected chi connectivity index (χ3v) is 5.92. The standard InChI is InChI=1S/C22H22N2O3/c25-21(23-9-11-27-12-10-23)20-7-8-24(22(20)26)17-5-6-19-16(14-17)13-15-3-1-2-4-18(15)19/h1-6,14,20H,7-13H2/t20-/m0/s1. The van der Waals surface area contributed by atoms with E-state index in [0.717, 1.165) is 12.1 Å². The molecule has 0 bridgehead atoms. The van der Waals surface area contributed by atoms with Gasteiger partial charge >= 0.3 is 0 Å². The van der Waals surface area contributed by atoms with Crippen molar-refractivity contribution in [2.45, 2.75) is 12.8 Å². The molecule has 138 valence electrons. The van der Waals surface area contributed by atoms with Crippen LogP contribution >= 0.6 is 0 Å². The number of morpholine rings is 1. The molecule has 2 saturated heterocycles. The maximum atomic E-state index is 13.0. The molecular formula is C22H22N2O3. The molecule has 0 N–H and O–H groups in total. The molecule has 2 fully saturated rings. The van der Waals surface area contributed by atoms with Gasteiger partial charge in [-0.2, -0.15) is 0 Å². The lowest BCUT2D eigenvalue weighted by Crippen LogP contribution is -2.45. The molecule has 27 heavy (non-hydrogen) atoms. The monoisotopic (exact) mass is 362 g/mol. The molecule has 2 heterocycles. The Hall–Kier alpha value is -2.66. The summed E-state index contributed by atoms with van der Waals surface area (Å²) in [4.78, 5) is 29.3. The van der Waals surface area contributed by atoms with Crippen LogP contribution in [0.3, 0.4) is 0 Å². The second-order valence-corrected chi connectivity index (χ2v) is 7.44. The summed E-state index contributed by atoms with van der Waals surface area (Å²) in [6.07, 6.45) is 1.49. The van der Waals surface area contributed by atoms with E-state index in [1.54, 1.807) is 9.80 Å². The molecule has 2 aromatic rings. The zero-order valence-corrected chi connectivity index (χ0v) is 15.2. The molecule has 0 aromatic heterocycles. The number of hydrogen-bond acceptors (Lipinski definition) is 3. The molecule has 5 heteroatoms. The van der Waals surface area contributed by atoms with Gasteiger partial charge in [0.25, 0.3) is 0 Å². The van der Waals surface area contributed by atoms with Crippen LogP contribution in [-0.2, 0) is 20.7 Å². The van der Waals surface area contributed by atoms with E-state index in [2.05, 4.69) is 36.4 Å². The normalized spacial score (nSPS) is 21.3. The van der Waals surface area contributed by atoms with Crippen molar-refractivity contribution in [2.75, 3.05) is 37.7 Å². The van der Waals surface area contributed by atoms with E-state index in [4.69, 9.17) is 4.74 Å². The van der Waals surface area contributed by atoms with Crippen molar-refractivity contribution < 1.29 is 14.3 Å². The number of rotatable bonds is 2. The van der Waals surface area contributed by atoms with Gasteiger partial charge in [-0.1, -0.05) is 30.3 Å². The van der Waals surface area contributed by atoms with Gasteiger partial charge in [-0.05, 0) is 47.2 Å². The van der Waals surface area contributed by atoms with Crippen molar-refractivity contribution in [2.24, 2.45) is 5.92 Å². The predicted molar refractivity (Wildman–Crippen MR) is 103 cm³/mol. The predicted octanol–water partition coefficient (Wildman–Crippen LogP) is 2.47. The Labute approximate surface area is 158 Å². The van der Waals surface area contributed by atoms with Gasteiger partial charge in [-0.25, -0.2) is 0 Å². The Morgan fingerprint density at radius 3 is 2.59 bits per heavy atom. The Bertz CT molecular complexity index is 918. The highest BCUT2D eigenvalue weighted by atomic mass is 16.5. The highest BCUT2D eigenvalue weighted by Crippen LogP contribution is 2.39. The van der Waals surface area contributed by atoms with E-state index in [1.165, 1.54) is 22.3 Å². The zero-order valence-electron chi connectivity index (χ0n) is 15.2. The van der Waals surface area contributed by atoms with Crippen LogP contribution in [0.2, 0.25) is 0 Å². The van der Waals surface area contributed by atoms with E-state index in [9.17, 15) is 9.59 Å². The summed E-state index contributed by atoms with van der Waals surface area (Å²) in [6, 6.07) is 14.7. The van der Waals surface area contributed by atoms with E-state index in [0.29, 0.717) is 39.3 Å². The molecule has 5 rings (SSSR count). The Morgan fingerprint density at radius 2 is 1.74 bits per heavy atom. The van der Waals surface area contributed by atoms with Crippen molar-refractivity contribution in [3.63, 3.8) is 0 Å². The SMILES string of the molecule is O=C([C@@H]1CCN(c2ccc3c(c2)Cc2ccccc2-3)C1=O)N1CCOCC1. The van der Waals surface area contributed by atoms with Gasteiger partial charge in [0.15, 0.2) is 0 Å². The van der Waals surface area contributed by atoms with Crippen molar-refractivity contribution in [3.05, 3.63) is 53.6 Å². The Morgan fingerprint density at radius 1 is 0.963 bits per heavy atom. The zero-order chi connectivity index (χ0) is 18.4. The quantitative estimate of drug-likeness (QED) is 0.658. The van der Waals surface area contributed by atoms with Gasteiger partial charge in [-0.3, -0.25) is 9.59 Å². The molecule has 0 radical (unpaired) electrons. The molecule has 2 aromatic carbocycles. The average Bonchev–Trinajstić information content (AvgIpc) is 3.28. The van der Waals surface area contributed by atoms with Gasteiger partial charge < -0.3 is 14.5 Å². The molecule has 1 aliphatic carbocycles. The number of fused-ring (bicyclic) bond motifs is 3. The largest absolute Gasteiger partial charge is 0.378 e. The second-order valence-electron chi connectivity index (χ2n) is 7.44. The minimum atomic E-state index is -0.548. The lowest BCUT2D eigenvalue weighted by Gasteiger charge is -2.28. The molecule has 2 aliphatic heterocycles. The number of hydrogen-bond donors (Lipinski definition) is 0. The summed E-state index contributed by atoms with van der Waals surface area (Å²) >= 11 is 0. The third-order valence-electron chi connectivity index (χ3n) is 5.92. The van der Waals surface area contributed by atoms with Crippen molar-refractivity contribution >= 4 is 17.5 Å². The molecule has 0 saturated carbocycles. The van der Waals surface area contributed by atoms with E-state index >= 15 is 0 Å². The van der Waals surface area contributed by atoms with Crippen LogP contribution in [0.15, 0.2) is 42.5 Å². The van der Waals surface area contributed by atoms with Crippen LogP contribution in [0.4, 0.5) is 5.69 Å². The summed E-state index contributed by atoms with van der Waals surface area (Å²) in [5, 5.41) is 0. The summed E-state index contributed by atoms with van der Waals surface area (Å²) in [5.41, 5.74) is 6.03. The van der Waals surface area contributed by atoms with E-state index in [-0.39, 0.29) is 11.8 Å². The van der Waals surface area contributed by atoms with E-state index < -0.39 is 5.92 Å². The highest BCUT2D eigenvalue weighted by molar-refractivity contribution is 6.09. The number of anilines is 1. The Kier molecular flexibility index (Phi) is 3.97.